The fourth-order valence-corrected chi connectivity index (χ4v) is 2.70. The van der Waals surface area contributed by atoms with Gasteiger partial charge in [-0.25, -0.2) is 0 Å². The fourth-order valence-electron chi connectivity index (χ4n) is 1.27. The molecule has 4 nitrogen and oxygen atoms in total. The lowest BCUT2D eigenvalue weighted by atomic mass is 10.2. The van der Waals surface area contributed by atoms with E-state index in [2.05, 4.69) is 54.9 Å². The molecule has 0 aliphatic carbocycles. The predicted molar refractivity (Wildman–Crippen MR) is 78.5 cm³/mol. The first-order chi connectivity index (χ1) is 8.19. The molecule has 6 heteroatoms. The Morgan fingerprint density at radius 3 is 2.61 bits per heavy atom. The molecule has 0 radical (unpaired) electrons. The molecule has 18 heavy (non-hydrogen) atoms. The SMILES string of the molecule is CC(C)(C)[Si](C)(C)OCCn1ncc(Br)c1C=O. The Kier molecular flexibility index (Phi) is 4.91. The third kappa shape index (κ3) is 3.52. The van der Waals surface area contributed by atoms with Crippen LogP contribution in [0.3, 0.4) is 0 Å². The number of rotatable bonds is 5. The average molecular weight is 333 g/mol. The van der Waals surface area contributed by atoms with Crippen LogP contribution >= 0.6 is 15.9 Å². The highest BCUT2D eigenvalue weighted by Gasteiger charge is 2.36. The summed E-state index contributed by atoms with van der Waals surface area (Å²) in [5, 5.41) is 4.34. The van der Waals surface area contributed by atoms with Gasteiger partial charge in [-0.1, -0.05) is 20.8 Å². The Labute approximate surface area is 118 Å². The molecule has 0 fully saturated rings. The van der Waals surface area contributed by atoms with E-state index in [1.807, 2.05) is 0 Å². The molecular weight excluding hydrogens is 312 g/mol. The molecule has 0 aliphatic heterocycles. The van der Waals surface area contributed by atoms with Crippen molar-refractivity contribution in [1.29, 1.82) is 0 Å². The number of carbonyl (C=O) groups excluding carboxylic acids is 1. The Bertz CT molecular complexity index is 424. The maximum absolute atomic E-state index is 10.9. The van der Waals surface area contributed by atoms with Crippen molar-refractivity contribution in [1.82, 2.24) is 9.78 Å². The third-order valence-electron chi connectivity index (χ3n) is 3.52. The molecule has 1 heterocycles. The van der Waals surface area contributed by atoms with E-state index >= 15 is 0 Å². The molecule has 1 rings (SSSR count). The summed E-state index contributed by atoms with van der Waals surface area (Å²) in [7, 11) is -1.72. The summed E-state index contributed by atoms with van der Waals surface area (Å²) in [6.45, 7) is 12.2. The predicted octanol–water partition coefficient (Wildman–Crippen LogP) is 3.48. The monoisotopic (exact) mass is 332 g/mol. The van der Waals surface area contributed by atoms with Gasteiger partial charge in [0.25, 0.3) is 0 Å². The molecule has 0 aromatic carbocycles. The van der Waals surface area contributed by atoms with Crippen molar-refractivity contribution in [2.45, 2.75) is 45.4 Å². The van der Waals surface area contributed by atoms with Gasteiger partial charge in [-0.05, 0) is 34.1 Å². The topological polar surface area (TPSA) is 44.1 Å². The van der Waals surface area contributed by atoms with Crippen LogP contribution in [0, 0.1) is 0 Å². The molecule has 0 atom stereocenters. The van der Waals surface area contributed by atoms with Gasteiger partial charge in [-0.15, -0.1) is 0 Å². The van der Waals surface area contributed by atoms with E-state index < -0.39 is 8.32 Å². The van der Waals surface area contributed by atoms with Crippen molar-refractivity contribution >= 4 is 30.5 Å². The van der Waals surface area contributed by atoms with Crippen molar-refractivity contribution in [3.63, 3.8) is 0 Å². The van der Waals surface area contributed by atoms with Gasteiger partial charge in [-0.2, -0.15) is 5.10 Å². The van der Waals surface area contributed by atoms with Crippen molar-refractivity contribution < 1.29 is 9.22 Å². The quantitative estimate of drug-likeness (QED) is 0.612. The second kappa shape index (κ2) is 5.67. The van der Waals surface area contributed by atoms with Crippen LogP contribution in [-0.2, 0) is 11.0 Å². The first-order valence-electron chi connectivity index (χ1n) is 5.99. The summed E-state index contributed by atoms with van der Waals surface area (Å²) in [6, 6.07) is 0. The third-order valence-corrected chi connectivity index (χ3v) is 8.67. The first-order valence-corrected chi connectivity index (χ1v) is 9.69. The zero-order valence-electron chi connectivity index (χ0n) is 11.7. The highest BCUT2D eigenvalue weighted by Crippen LogP contribution is 2.36. The smallest absolute Gasteiger partial charge is 0.192 e. The number of hydrogen-bond acceptors (Lipinski definition) is 3. The molecule has 0 saturated carbocycles. The number of aldehydes is 1. The van der Waals surface area contributed by atoms with Crippen LogP contribution in [0.1, 0.15) is 31.3 Å². The summed E-state index contributed by atoms with van der Waals surface area (Å²) in [6.07, 6.45) is 2.44. The molecule has 0 bridgehead atoms. The van der Waals surface area contributed by atoms with Crippen molar-refractivity contribution in [3.8, 4) is 0 Å². The summed E-state index contributed by atoms with van der Waals surface area (Å²) in [5.74, 6) is 0. The number of aromatic nitrogens is 2. The summed E-state index contributed by atoms with van der Waals surface area (Å²) < 4.78 is 8.45. The van der Waals surface area contributed by atoms with Crippen LogP contribution in [0.25, 0.3) is 0 Å². The summed E-state index contributed by atoms with van der Waals surface area (Å²) in [4.78, 5) is 10.9. The van der Waals surface area contributed by atoms with Crippen LogP contribution in [0.15, 0.2) is 10.7 Å². The number of carbonyl (C=O) groups is 1. The normalized spacial score (nSPS) is 12.8. The minimum atomic E-state index is -1.72. The second-order valence-corrected chi connectivity index (χ2v) is 11.5. The van der Waals surface area contributed by atoms with E-state index in [4.69, 9.17) is 4.43 Å². The average Bonchev–Trinajstić information content (AvgIpc) is 2.57. The number of hydrogen-bond donors (Lipinski definition) is 0. The van der Waals surface area contributed by atoms with Crippen molar-refractivity contribution in [3.05, 3.63) is 16.4 Å². The number of halogens is 1. The Hall–Kier alpha value is -0.463. The minimum Gasteiger partial charge on any atom is -0.415 e. The van der Waals surface area contributed by atoms with Gasteiger partial charge >= 0.3 is 0 Å². The molecule has 0 aliphatic rings. The van der Waals surface area contributed by atoms with Crippen LogP contribution in [0.4, 0.5) is 0 Å². The first kappa shape index (κ1) is 15.6. The van der Waals surface area contributed by atoms with E-state index in [0.29, 0.717) is 18.8 Å². The molecule has 1 aromatic rings. The zero-order valence-corrected chi connectivity index (χ0v) is 14.2. The minimum absolute atomic E-state index is 0.200. The molecule has 0 saturated heterocycles. The van der Waals surface area contributed by atoms with Crippen LogP contribution in [-0.4, -0.2) is 31.0 Å². The maximum atomic E-state index is 10.9. The summed E-state index contributed by atoms with van der Waals surface area (Å²) >= 11 is 3.29. The van der Waals surface area contributed by atoms with Gasteiger partial charge in [0, 0.05) is 0 Å². The van der Waals surface area contributed by atoms with Crippen molar-refractivity contribution in [2.75, 3.05) is 6.61 Å². The van der Waals surface area contributed by atoms with Crippen LogP contribution in [0.5, 0.6) is 0 Å². The summed E-state index contributed by atoms with van der Waals surface area (Å²) in [5.41, 5.74) is 0.564. The molecule has 0 N–H and O–H groups in total. The number of nitrogens with zero attached hydrogens (tertiary/aromatic N) is 2. The van der Waals surface area contributed by atoms with Gasteiger partial charge in [0.1, 0.15) is 5.69 Å². The molecule has 0 spiro atoms. The van der Waals surface area contributed by atoms with Gasteiger partial charge in [0.15, 0.2) is 14.6 Å². The van der Waals surface area contributed by atoms with Gasteiger partial charge in [0.2, 0.25) is 0 Å². The standard InChI is InChI=1S/C12H21BrN2O2Si/c1-12(2,3)18(4,5)17-7-6-15-11(9-16)10(13)8-14-15/h8-9H,6-7H2,1-5H3. The van der Waals surface area contributed by atoms with Gasteiger partial charge < -0.3 is 4.43 Å². The van der Waals surface area contributed by atoms with Crippen LogP contribution < -0.4 is 0 Å². The molecule has 102 valence electrons. The Morgan fingerprint density at radius 1 is 1.50 bits per heavy atom. The lowest BCUT2D eigenvalue weighted by Crippen LogP contribution is -2.41. The van der Waals surface area contributed by atoms with E-state index in [1.165, 1.54) is 0 Å². The Balaban J connectivity index is 2.59. The van der Waals surface area contributed by atoms with E-state index in [0.717, 1.165) is 10.8 Å². The van der Waals surface area contributed by atoms with E-state index in [-0.39, 0.29) is 5.04 Å². The maximum Gasteiger partial charge on any atom is 0.192 e. The lowest BCUT2D eigenvalue weighted by Gasteiger charge is -2.36. The fraction of sp³-hybridized carbons (Fsp3) is 0.667. The highest BCUT2D eigenvalue weighted by molar-refractivity contribution is 9.10. The molecule has 1 aromatic heterocycles. The van der Waals surface area contributed by atoms with Crippen molar-refractivity contribution in [2.24, 2.45) is 0 Å². The molecule has 0 unspecified atom stereocenters. The second-order valence-electron chi connectivity index (χ2n) is 5.83. The molecular formula is C12H21BrN2O2Si. The van der Waals surface area contributed by atoms with Gasteiger partial charge in [-0.3, -0.25) is 9.48 Å². The lowest BCUT2D eigenvalue weighted by molar-refractivity contribution is 0.111. The van der Waals surface area contributed by atoms with E-state index in [1.54, 1.807) is 10.9 Å². The highest BCUT2D eigenvalue weighted by atomic mass is 79.9. The zero-order chi connectivity index (χ0) is 14.0. The largest absolute Gasteiger partial charge is 0.415 e. The Morgan fingerprint density at radius 2 is 2.11 bits per heavy atom. The van der Waals surface area contributed by atoms with Gasteiger partial charge in [0.05, 0.1) is 23.8 Å². The van der Waals surface area contributed by atoms with Crippen LogP contribution in [0.2, 0.25) is 18.1 Å². The molecule has 0 amide bonds. The van der Waals surface area contributed by atoms with E-state index in [9.17, 15) is 4.79 Å².